The van der Waals surface area contributed by atoms with Gasteiger partial charge in [0.15, 0.2) is 0 Å². The number of benzene rings is 4. The maximum Gasteiger partial charge on any atom is 0.330 e. The van der Waals surface area contributed by atoms with Gasteiger partial charge in [-0.3, -0.25) is 4.79 Å². The van der Waals surface area contributed by atoms with E-state index in [1.165, 1.54) is 5.69 Å². The SMILES string of the molecule is C=CC(=O)OCCCCC(=O)OC1=CCC(C)(/N=N/c2ccc(/N=N/c3ccc(/N=N/c4ccc(N(CC)CC)cc4)c4ccccc34)cc2)C=C1. The van der Waals surface area contributed by atoms with Gasteiger partial charge in [-0.15, -0.1) is 10.2 Å². The molecular weight excluding hydrogens is 654 g/mol. The van der Waals surface area contributed by atoms with Crippen LogP contribution in [-0.4, -0.2) is 37.2 Å². The number of ether oxygens (including phenoxy) is 2. The standard InChI is InChI=1S/C41H43N7O4/c1-5-39(49)51-29-11-10-14-40(50)52-34-25-27-41(4,28-26-34)47-44-32-17-15-30(16-18-32)42-45-37-23-24-38(36-13-9-8-12-35(36)37)46-43-31-19-21-33(22-20-31)48(6-2)7-3/h5,8-9,12-13,15-27H,1,6-7,10-11,14,28-29H2,2-4H3/b45-42+,46-43+,47-44+. The molecule has 0 aromatic heterocycles. The van der Waals surface area contributed by atoms with Gasteiger partial charge >= 0.3 is 11.9 Å². The van der Waals surface area contributed by atoms with Gasteiger partial charge in [0.1, 0.15) is 11.3 Å². The minimum absolute atomic E-state index is 0.229. The van der Waals surface area contributed by atoms with E-state index in [1.807, 2.05) is 91.9 Å². The number of allylic oxidation sites excluding steroid dienone is 1. The highest BCUT2D eigenvalue weighted by Gasteiger charge is 2.23. The molecule has 11 heteroatoms. The number of carbonyl (C=O) groups excluding carboxylic acids is 2. The summed E-state index contributed by atoms with van der Waals surface area (Å²) >= 11 is 0. The van der Waals surface area contributed by atoms with Gasteiger partial charge in [0, 0.05) is 42.0 Å². The van der Waals surface area contributed by atoms with Gasteiger partial charge in [-0.2, -0.15) is 20.5 Å². The smallest absolute Gasteiger partial charge is 0.330 e. The van der Waals surface area contributed by atoms with Crippen molar-refractivity contribution in [3.63, 3.8) is 0 Å². The maximum absolute atomic E-state index is 12.2. The van der Waals surface area contributed by atoms with Crippen molar-refractivity contribution in [1.29, 1.82) is 0 Å². The molecule has 0 saturated carbocycles. The van der Waals surface area contributed by atoms with Crippen molar-refractivity contribution >= 4 is 56.8 Å². The zero-order chi connectivity index (χ0) is 36.8. The summed E-state index contributed by atoms with van der Waals surface area (Å²) in [5.41, 5.74) is 4.21. The second kappa shape index (κ2) is 18.2. The highest BCUT2D eigenvalue weighted by molar-refractivity contribution is 5.99. The molecule has 0 heterocycles. The van der Waals surface area contributed by atoms with E-state index in [0.717, 1.165) is 47.0 Å². The summed E-state index contributed by atoms with van der Waals surface area (Å²) < 4.78 is 10.4. The summed E-state index contributed by atoms with van der Waals surface area (Å²) in [6.07, 6.45) is 8.43. The molecule has 0 bridgehead atoms. The van der Waals surface area contributed by atoms with Crippen LogP contribution < -0.4 is 4.90 Å². The van der Waals surface area contributed by atoms with Crippen molar-refractivity contribution in [2.45, 2.75) is 52.0 Å². The predicted molar refractivity (Wildman–Crippen MR) is 205 cm³/mol. The van der Waals surface area contributed by atoms with Crippen molar-refractivity contribution in [3.05, 3.63) is 122 Å². The Bertz CT molecular complexity index is 2010. The number of anilines is 1. The molecule has 1 aliphatic rings. The molecule has 4 aromatic rings. The van der Waals surface area contributed by atoms with E-state index in [9.17, 15) is 9.59 Å². The molecule has 0 radical (unpaired) electrons. The number of azo groups is 3. The normalized spacial score (nSPS) is 15.7. The average Bonchev–Trinajstić information content (AvgIpc) is 3.17. The third-order valence-electron chi connectivity index (χ3n) is 8.39. The molecular formula is C41H43N7O4. The molecule has 0 amide bonds. The quantitative estimate of drug-likeness (QED) is 0.0498. The molecule has 4 aromatic carbocycles. The van der Waals surface area contributed by atoms with Gasteiger partial charge in [-0.25, -0.2) is 4.79 Å². The monoisotopic (exact) mass is 697 g/mol. The Morgan fingerprint density at radius 2 is 1.37 bits per heavy atom. The number of hydrogen-bond donors (Lipinski definition) is 0. The summed E-state index contributed by atoms with van der Waals surface area (Å²) in [4.78, 5) is 25.5. The second-order valence-corrected chi connectivity index (χ2v) is 12.3. The van der Waals surface area contributed by atoms with Crippen LogP contribution in [0.15, 0.2) is 152 Å². The number of unbranched alkanes of at least 4 members (excludes halogenated alkanes) is 1. The topological polar surface area (TPSA) is 130 Å². The van der Waals surface area contributed by atoms with Gasteiger partial charge in [0.25, 0.3) is 0 Å². The highest BCUT2D eigenvalue weighted by atomic mass is 16.5. The van der Waals surface area contributed by atoms with E-state index in [4.69, 9.17) is 9.47 Å². The molecule has 0 fully saturated rings. The molecule has 0 N–H and O–H groups in total. The van der Waals surface area contributed by atoms with E-state index in [1.54, 1.807) is 6.08 Å². The van der Waals surface area contributed by atoms with Crippen molar-refractivity contribution < 1.29 is 19.1 Å². The van der Waals surface area contributed by atoms with E-state index in [0.29, 0.717) is 36.4 Å². The fourth-order valence-electron chi connectivity index (χ4n) is 5.38. The number of fused-ring (bicyclic) bond motifs is 1. The van der Waals surface area contributed by atoms with Crippen molar-refractivity contribution in [2.75, 3.05) is 24.6 Å². The lowest BCUT2D eigenvalue weighted by atomic mass is 9.94. The molecule has 1 unspecified atom stereocenters. The number of rotatable bonds is 16. The van der Waals surface area contributed by atoms with Gasteiger partial charge < -0.3 is 14.4 Å². The van der Waals surface area contributed by atoms with Crippen molar-refractivity contribution in [3.8, 4) is 0 Å². The number of hydrogen-bond acceptors (Lipinski definition) is 11. The first kappa shape index (κ1) is 37.2. The van der Waals surface area contributed by atoms with Crippen molar-refractivity contribution in [1.82, 2.24) is 0 Å². The Hall–Kier alpha value is -6.10. The molecule has 1 atom stereocenters. The Morgan fingerprint density at radius 3 is 1.90 bits per heavy atom. The Balaban J connectivity index is 1.15. The molecule has 0 spiro atoms. The fourth-order valence-corrected chi connectivity index (χ4v) is 5.38. The number of nitrogens with zero attached hydrogens (tertiary/aromatic N) is 7. The first-order chi connectivity index (χ1) is 25.3. The zero-order valence-electron chi connectivity index (χ0n) is 29.8. The van der Waals surface area contributed by atoms with Crippen LogP contribution in [0.3, 0.4) is 0 Å². The Morgan fingerprint density at radius 1 is 0.788 bits per heavy atom. The van der Waals surface area contributed by atoms with Gasteiger partial charge in [0.05, 0.1) is 35.0 Å². The minimum Gasteiger partial charge on any atom is -0.463 e. The Kier molecular flexibility index (Phi) is 13.0. The van der Waals surface area contributed by atoms with Crippen LogP contribution in [-0.2, 0) is 19.1 Å². The molecule has 0 saturated heterocycles. The highest BCUT2D eigenvalue weighted by Crippen LogP contribution is 2.36. The number of esters is 2. The first-order valence-corrected chi connectivity index (χ1v) is 17.4. The van der Waals surface area contributed by atoms with Gasteiger partial charge in [-0.05, 0) is 113 Å². The lowest BCUT2D eigenvalue weighted by molar-refractivity contribution is -0.139. The van der Waals surface area contributed by atoms with Crippen LogP contribution in [0, 0.1) is 0 Å². The van der Waals surface area contributed by atoms with E-state index in [-0.39, 0.29) is 19.0 Å². The molecule has 1 aliphatic carbocycles. The molecule has 5 rings (SSSR count). The van der Waals surface area contributed by atoms with Crippen molar-refractivity contribution in [2.24, 2.45) is 30.7 Å². The van der Waals surface area contributed by atoms with E-state index >= 15 is 0 Å². The zero-order valence-corrected chi connectivity index (χ0v) is 29.8. The minimum atomic E-state index is -0.577. The fraction of sp³-hybridized carbons (Fsp3) is 0.268. The van der Waals surface area contributed by atoms with Crippen LogP contribution in [0.1, 0.15) is 46.5 Å². The van der Waals surface area contributed by atoms with Crippen LogP contribution >= 0.6 is 0 Å². The lowest BCUT2D eigenvalue weighted by Crippen LogP contribution is -2.21. The summed E-state index contributed by atoms with van der Waals surface area (Å²) in [7, 11) is 0. The second-order valence-electron chi connectivity index (χ2n) is 12.3. The largest absolute Gasteiger partial charge is 0.463 e. The van der Waals surface area contributed by atoms with E-state index < -0.39 is 11.5 Å². The maximum atomic E-state index is 12.2. The molecule has 0 aliphatic heterocycles. The lowest BCUT2D eigenvalue weighted by Gasteiger charge is -2.21. The molecule has 266 valence electrons. The van der Waals surface area contributed by atoms with Gasteiger partial charge in [0.2, 0.25) is 0 Å². The third kappa shape index (κ3) is 10.5. The predicted octanol–water partition coefficient (Wildman–Crippen LogP) is 11.6. The Labute approximate surface area is 304 Å². The summed E-state index contributed by atoms with van der Waals surface area (Å²) in [5, 5.41) is 28.9. The number of carbonyl (C=O) groups is 2. The van der Waals surface area contributed by atoms with E-state index in [2.05, 4.69) is 68.1 Å². The first-order valence-electron chi connectivity index (χ1n) is 17.4. The van der Waals surface area contributed by atoms with Gasteiger partial charge in [-0.1, -0.05) is 36.9 Å². The third-order valence-corrected chi connectivity index (χ3v) is 8.39. The van der Waals surface area contributed by atoms with Crippen LogP contribution in [0.2, 0.25) is 0 Å². The molecule has 52 heavy (non-hydrogen) atoms. The summed E-state index contributed by atoms with van der Waals surface area (Å²) in [6.45, 7) is 11.7. The van der Waals surface area contributed by atoms with Crippen LogP contribution in [0.25, 0.3) is 10.8 Å². The van der Waals surface area contributed by atoms with Crippen LogP contribution in [0.5, 0.6) is 0 Å². The summed E-state index contributed by atoms with van der Waals surface area (Å²) in [6, 6.07) is 27.2. The summed E-state index contributed by atoms with van der Waals surface area (Å²) in [5.74, 6) is -0.331. The molecule has 11 nitrogen and oxygen atoms in total. The average molecular weight is 698 g/mol. The van der Waals surface area contributed by atoms with Crippen LogP contribution in [0.4, 0.5) is 34.1 Å².